The van der Waals surface area contributed by atoms with Crippen LogP contribution in [0.3, 0.4) is 0 Å². The van der Waals surface area contributed by atoms with Gasteiger partial charge in [0, 0.05) is 31.9 Å². The predicted molar refractivity (Wildman–Crippen MR) is 69.6 cm³/mol. The van der Waals surface area contributed by atoms with Gasteiger partial charge in [-0.15, -0.1) is 0 Å². The van der Waals surface area contributed by atoms with Crippen LogP contribution in [0, 0.1) is 20.0 Å². The molecule has 0 spiro atoms. The molecule has 0 saturated heterocycles. The van der Waals surface area contributed by atoms with Crippen molar-refractivity contribution in [3.63, 3.8) is 0 Å². The third kappa shape index (κ3) is 17.0. The van der Waals surface area contributed by atoms with Gasteiger partial charge in [0.05, 0.1) is 11.4 Å². The van der Waals surface area contributed by atoms with Crippen molar-refractivity contribution in [1.82, 2.24) is 0 Å². The summed E-state index contributed by atoms with van der Waals surface area (Å²) in [5.41, 5.74) is 7.49. The Bertz CT molecular complexity index is 353. The minimum absolute atomic E-state index is 0. The summed E-state index contributed by atoms with van der Waals surface area (Å²) >= 11 is 4.26. The number of rotatable bonds is 3. The first-order chi connectivity index (χ1) is 8.70. The molecule has 1 unspecified atom stereocenters. The van der Waals surface area contributed by atoms with E-state index in [2.05, 4.69) is 37.9 Å². The Morgan fingerprint density at radius 3 is 1.95 bits per heavy atom. The molecule has 0 aliphatic carbocycles. The quantitative estimate of drug-likeness (QED) is 0.330. The van der Waals surface area contributed by atoms with E-state index >= 15 is 0 Å². The van der Waals surface area contributed by atoms with Gasteiger partial charge in [-0.25, -0.2) is 0 Å². The Kier molecular flexibility index (Phi) is 31.1. The summed E-state index contributed by atoms with van der Waals surface area (Å²) < 4.78 is 22.5. The van der Waals surface area contributed by atoms with Crippen LogP contribution in [0.1, 0.15) is 6.92 Å². The second kappa shape index (κ2) is 22.2. The molecule has 0 aliphatic heterocycles. The molecule has 19 heavy (non-hydrogen) atoms. The standard InChI is InChI=1S/C9H14N2S.3CO.Tc/c1-7(12)6-11-9-5-3-2-4-8(9)10;3*1-2;/h2-5,7,11-12H,6,10H2,1H3;;;;/i;;;;1+1. The first-order valence-corrected chi connectivity index (χ1v) is 5.09. The van der Waals surface area contributed by atoms with Crippen LogP contribution in [0.5, 0.6) is 0 Å². The number of nitrogens with two attached hydrogens (primary N) is 1. The van der Waals surface area contributed by atoms with E-state index in [4.69, 9.17) is 19.7 Å². The van der Waals surface area contributed by atoms with Crippen molar-refractivity contribution in [3.05, 3.63) is 44.2 Å². The molecule has 1 rings (SSSR count). The second-order valence-electron chi connectivity index (χ2n) is 2.82. The molecule has 0 fully saturated rings. The van der Waals surface area contributed by atoms with E-state index in [0.29, 0.717) is 5.25 Å². The van der Waals surface area contributed by atoms with E-state index in [9.17, 15) is 0 Å². The van der Waals surface area contributed by atoms with Crippen molar-refractivity contribution in [3.8, 4) is 0 Å². The summed E-state index contributed by atoms with van der Waals surface area (Å²) in [7, 11) is 0. The van der Waals surface area contributed by atoms with Gasteiger partial charge in [0.1, 0.15) is 0 Å². The summed E-state index contributed by atoms with van der Waals surface area (Å²) in [6.07, 6.45) is 0. The van der Waals surface area contributed by atoms with Crippen LogP contribution in [-0.2, 0) is 34.1 Å². The van der Waals surface area contributed by atoms with Gasteiger partial charge in [0.25, 0.3) is 0 Å². The zero-order valence-electron chi connectivity index (χ0n) is 10.2. The fourth-order valence-corrected chi connectivity index (χ4v) is 1.01. The third-order valence-corrected chi connectivity index (χ3v) is 1.73. The summed E-state index contributed by atoms with van der Waals surface area (Å²) in [5.74, 6) is 0. The normalized spacial score (nSPS) is 8.21. The molecule has 5 nitrogen and oxygen atoms in total. The fourth-order valence-electron chi connectivity index (χ4n) is 0.916. The molecule has 0 heterocycles. The summed E-state index contributed by atoms with van der Waals surface area (Å²) in [6.45, 7) is 16.4. The maximum atomic E-state index is 7.50. The molecule has 1 radical (unpaired) electrons. The number of para-hydroxylation sites is 2. The minimum atomic E-state index is 0. The van der Waals surface area contributed by atoms with Gasteiger partial charge in [0.2, 0.25) is 0 Å². The van der Waals surface area contributed by atoms with Gasteiger partial charge in [-0.2, -0.15) is 12.6 Å². The summed E-state index contributed by atoms with van der Waals surface area (Å²) in [5, 5.41) is 3.55. The van der Waals surface area contributed by atoms with Crippen molar-refractivity contribution in [1.29, 1.82) is 0 Å². The van der Waals surface area contributed by atoms with Gasteiger partial charge in [0.15, 0.2) is 0 Å². The maximum absolute atomic E-state index is 7.50. The monoisotopic (exact) mass is 365 g/mol. The molecular weight excluding hydrogens is 351 g/mol. The Balaban J connectivity index is -0.000000142. The van der Waals surface area contributed by atoms with E-state index in [0.717, 1.165) is 17.9 Å². The Hall–Kier alpha value is -0.961. The zero-order valence-corrected chi connectivity index (χ0v) is 13.0. The first-order valence-electron chi connectivity index (χ1n) is 4.58. The predicted octanol–water partition coefficient (Wildman–Crippen LogP) is 1.88. The van der Waals surface area contributed by atoms with Crippen LogP contribution in [0.4, 0.5) is 11.4 Å². The Morgan fingerprint density at radius 2 is 1.58 bits per heavy atom. The van der Waals surface area contributed by atoms with Gasteiger partial charge < -0.3 is 11.1 Å². The molecule has 0 aliphatic rings. The summed E-state index contributed by atoms with van der Waals surface area (Å²) in [6, 6.07) is 7.73. The molecule has 3 N–H and O–H groups in total. The number of nitrogen functional groups attached to an aromatic ring is 1. The molecule has 1 aromatic carbocycles. The number of hydrogen-bond acceptors (Lipinski definition) is 3. The SMILES string of the molecule is CC(S)CNc1ccccc1N.[99Tc].[C-]#[O+].[C-]#[O+].[C-]#[O+]. The third-order valence-electron chi connectivity index (χ3n) is 1.55. The van der Waals surface area contributed by atoms with Crippen molar-refractivity contribution < 1.29 is 34.1 Å². The molecule has 1 aromatic rings. The van der Waals surface area contributed by atoms with Crippen molar-refractivity contribution >= 4 is 24.0 Å². The van der Waals surface area contributed by atoms with Crippen LogP contribution in [0.25, 0.3) is 0 Å². The van der Waals surface area contributed by atoms with Crippen LogP contribution in [0.15, 0.2) is 24.3 Å². The Labute approximate surface area is 132 Å². The Morgan fingerprint density at radius 1 is 1.16 bits per heavy atom. The average Bonchev–Trinajstić information content (AvgIpc) is 2.44. The van der Waals surface area contributed by atoms with Crippen LogP contribution >= 0.6 is 12.6 Å². The first kappa shape index (κ1) is 26.6. The average molecular weight is 365 g/mol. The van der Waals surface area contributed by atoms with E-state index in [1.807, 2.05) is 31.2 Å². The number of benzene rings is 1. The van der Waals surface area contributed by atoms with E-state index < -0.39 is 0 Å². The molecule has 1 atom stereocenters. The number of thiol groups is 1. The molecule has 103 valence electrons. The summed E-state index contributed by atoms with van der Waals surface area (Å²) in [4.78, 5) is 0. The topological polar surface area (TPSA) is 97.8 Å². The molecule has 0 aromatic heterocycles. The van der Waals surface area contributed by atoms with E-state index in [1.165, 1.54) is 0 Å². The molecule has 0 saturated carbocycles. The van der Waals surface area contributed by atoms with Crippen molar-refractivity contribution in [2.45, 2.75) is 12.2 Å². The number of hydrogen-bond donors (Lipinski definition) is 3. The van der Waals surface area contributed by atoms with Gasteiger partial charge >= 0.3 is 33.9 Å². The van der Waals surface area contributed by atoms with E-state index in [1.54, 1.807) is 0 Å². The van der Waals surface area contributed by atoms with Crippen LogP contribution in [0.2, 0.25) is 0 Å². The van der Waals surface area contributed by atoms with Gasteiger partial charge in [-0.1, -0.05) is 19.1 Å². The number of nitrogens with one attached hydrogen (secondary N) is 1. The van der Waals surface area contributed by atoms with Crippen LogP contribution < -0.4 is 11.1 Å². The van der Waals surface area contributed by atoms with Gasteiger partial charge in [-0.3, -0.25) is 0 Å². The van der Waals surface area contributed by atoms with Gasteiger partial charge in [-0.05, 0) is 12.1 Å². The fraction of sp³-hybridized carbons (Fsp3) is 0.250. The molecule has 7 heteroatoms. The van der Waals surface area contributed by atoms with Crippen molar-refractivity contribution in [2.24, 2.45) is 0 Å². The van der Waals surface area contributed by atoms with Crippen LogP contribution in [-0.4, -0.2) is 11.8 Å². The molecule has 0 amide bonds. The van der Waals surface area contributed by atoms with E-state index in [-0.39, 0.29) is 20.1 Å². The zero-order chi connectivity index (χ0) is 15.0. The number of anilines is 2. The van der Waals surface area contributed by atoms with Crippen molar-refractivity contribution in [2.75, 3.05) is 17.6 Å². The second-order valence-corrected chi connectivity index (χ2v) is 3.70. The molecule has 0 bridgehead atoms. The molecular formula is C12H14N2O3STc.